The van der Waals surface area contributed by atoms with Crippen LogP contribution in [0.15, 0.2) is 30.5 Å². The molecule has 0 aliphatic rings. The quantitative estimate of drug-likeness (QED) is 0.478. The minimum Gasteiger partial charge on any atom is -0.288 e. The van der Waals surface area contributed by atoms with Gasteiger partial charge in [-0.25, -0.2) is 31.7 Å². The van der Waals surface area contributed by atoms with E-state index >= 15 is 0 Å². The molecular weight excluding hydrogens is 431 g/mol. The Hall–Kier alpha value is -2.56. The molecule has 0 radical (unpaired) electrons. The van der Waals surface area contributed by atoms with E-state index in [1.165, 1.54) is 31.3 Å². The molecule has 2 aromatic carbocycles. The molecule has 2 N–H and O–H groups in total. The van der Waals surface area contributed by atoms with Crippen molar-refractivity contribution in [3.05, 3.63) is 69.8 Å². The third-order valence-corrected chi connectivity index (χ3v) is 5.86. The Morgan fingerprint density at radius 3 is 2.48 bits per heavy atom. The zero-order valence-electron chi connectivity index (χ0n) is 14.8. The van der Waals surface area contributed by atoms with Crippen LogP contribution in [-0.2, 0) is 10.0 Å². The first-order chi connectivity index (χ1) is 13.5. The Labute approximate surface area is 168 Å². The Kier molecular flexibility index (Phi) is 5.61. The molecular formula is C18H13ClF3N3O3S. The number of nitrogens with two attached hydrogens (primary N) is 1. The minimum absolute atomic E-state index is 0.0337. The van der Waals surface area contributed by atoms with Gasteiger partial charge in [-0.05, 0) is 30.7 Å². The van der Waals surface area contributed by atoms with E-state index in [4.69, 9.17) is 16.7 Å². The average Bonchev–Trinajstić information content (AvgIpc) is 2.64. The summed E-state index contributed by atoms with van der Waals surface area (Å²) < 4.78 is 66.9. The van der Waals surface area contributed by atoms with E-state index in [0.29, 0.717) is 11.6 Å². The molecule has 1 heterocycles. The van der Waals surface area contributed by atoms with Gasteiger partial charge < -0.3 is 0 Å². The number of nitrogens with zero attached hydrogens (tertiary/aromatic N) is 2. The van der Waals surface area contributed by atoms with Gasteiger partial charge in [-0.1, -0.05) is 18.5 Å². The van der Waals surface area contributed by atoms with Crippen LogP contribution in [0.25, 0.3) is 11.0 Å². The summed E-state index contributed by atoms with van der Waals surface area (Å²) in [5.74, 6) is -6.01. The van der Waals surface area contributed by atoms with Crippen LogP contribution in [0.2, 0.25) is 5.15 Å². The van der Waals surface area contributed by atoms with Crippen molar-refractivity contribution in [3.63, 3.8) is 0 Å². The van der Waals surface area contributed by atoms with E-state index in [1.54, 1.807) is 0 Å². The third-order valence-electron chi connectivity index (χ3n) is 4.30. The van der Waals surface area contributed by atoms with Gasteiger partial charge in [-0.2, -0.15) is 0 Å². The molecule has 6 nitrogen and oxygen atoms in total. The standard InChI is InChI=1S/C18H13ClF3N3O3S/c1-2-13(29(23,27)28)9-6-10(20)17(22)15(16(9)21)18(26)8-3-4-11-12(5-8)25-14(19)7-24-11/h3-7,13H,2H2,1H3,(H2,23,27,28). The second kappa shape index (κ2) is 7.69. The van der Waals surface area contributed by atoms with Crippen molar-refractivity contribution in [2.75, 3.05) is 0 Å². The van der Waals surface area contributed by atoms with Crippen LogP contribution in [0.1, 0.15) is 40.1 Å². The van der Waals surface area contributed by atoms with E-state index < -0.39 is 49.6 Å². The van der Waals surface area contributed by atoms with Gasteiger partial charge in [-0.15, -0.1) is 0 Å². The molecule has 0 spiro atoms. The number of primary sulfonamides is 1. The van der Waals surface area contributed by atoms with Gasteiger partial charge in [0.05, 0.1) is 22.8 Å². The summed E-state index contributed by atoms with van der Waals surface area (Å²) in [5.41, 5.74) is -1.62. The summed E-state index contributed by atoms with van der Waals surface area (Å²) in [6, 6.07) is 4.19. The molecule has 0 amide bonds. The monoisotopic (exact) mass is 443 g/mol. The van der Waals surface area contributed by atoms with Crippen molar-refractivity contribution in [1.29, 1.82) is 0 Å². The van der Waals surface area contributed by atoms with Crippen LogP contribution >= 0.6 is 11.6 Å². The fourth-order valence-corrected chi connectivity index (χ4v) is 4.09. The predicted octanol–water partition coefficient (Wildman–Crippen LogP) is 3.67. The van der Waals surface area contributed by atoms with E-state index in [9.17, 15) is 26.4 Å². The SMILES string of the molecule is CCC(c1cc(F)c(F)c(C(=O)c2ccc3ncc(Cl)nc3c2)c1F)S(N)(=O)=O. The molecule has 29 heavy (non-hydrogen) atoms. The molecule has 3 rings (SSSR count). The molecule has 0 aliphatic heterocycles. The van der Waals surface area contributed by atoms with Crippen molar-refractivity contribution in [2.24, 2.45) is 5.14 Å². The summed E-state index contributed by atoms with van der Waals surface area (Å²) in [6.45, 7) is 1.38. The highest BCUT2D eigenvalue weighted by Gasteiger charge is 2.32. The number of sulfonamides is 1. The molecule has 152 valence electrons. The molecule has 0 saturated carbocycles. The fourth-order valence-electron chi connectivity index (χ4n) is 2.96. The number of hydrogen-bond acceptors (Lipinski definition) is 5. The molecule has 0 aliphatic carbocycles. The number of halogens is 4. The molecule has 3 aromatic rings. The van der Waals surface area contributed by atoms with Gasteiger partial charge in [-0.3, -0.25) is 9.78 Å². The van der Waals surface area contributed by atoms with Crippen molar-refractivity contribution < 1.29 is 26.4 Å². The third kappa shape index (κ3) is 3.96. The number of aromatic nitrogens is 2. The van der Waals surface area contributed by atoms with Crippen molar-refractivity contribution in [1.82, 2.24) is 9.97 Å². The van der Waals surface area contributed by atoms with E-state index in [-0.39, 0.29) is 22.7 Å². The first kappa shape index (κ1) is 21.2. The lowest BCUT2D eigenvalue weighted by molar-refractivity contribution is 0.102. The first-order valence-electron chi connectivity index (χ1n) is 8.20. The van der Waals surface area contributed by atoms with E-state index in [0.717, 1.165) is 0 Å². The minimum atomic E-state index is -4.33. The highest BCUT2D eigenvalue weighted by molar-refractivity contribution is 7.89. The highest BCUT2D eigenvalue weighted by Crippen LogP contribution is 2.32. The second-order valence-corrected chi connectivity index (χ2v) is 8.30. The largest absolute Gasteiger partial charge is 0.288 e. The van der Waals surface area contributed by atoms with Crippen LogP contribution in [0.5, 0.6) is 0 Å². The maximum atomic E-state index is 15.0. The lowest BCUT2D eigenvalue weighted by Gasteiger charge is -2.16. The zero-order valence-corrected chi connectivity index (χ0v) is 16.4. The molecule has 1 atom stereocenters. The Balaban J connectivity index is 2.21. The normalized spacial score (nSPS) is 12.9. The zero-order chi connectivity index (χ0) is 21.5. The number of carbonyl (C=O) groups excluding carboxylic acids is 1. The van der Waals surface area contributed by atoms with Crippen LogP contribution < -0.4 is 5.14 Å². The number of carbonyl (C=O) groups is 1. The molecule has 0 fully saturated rings. The maximum Gasteiger partial charge on any atom is 0.216 e. The Morgan fingerprint density at radius 2 is 1.86 bits per heavy atom. The van der Waals surface area contributed by atoms with Gasteiger partial charge in [0, 0.05) is 11.1 Å². The number of ketones is 1. The summed E-state index contributed by atoms with van der Waals surface area (Å²) in [6.07, 6.45) is 1.07. The van der Waals surface area contributed by atoms with Gasteiger partial charge in [0.25, 0.3) is 0 Å². The van der Waals surface area contributed by atoms with Gasteiger partial charge >= 0.3 is 0 Å². The van der Waals surface area contributed by atoms with Crippen LogP contribution in [-0.4, -0.2) is 24.2 Å². The van der Waals surface area contributed by atoms with Crippen LogP contribution in [0.4, 0.5) is 13.2 Å². The highest BCUT2D eigenvalue weighted by atomic mass is 35.5. The van der Waals surface area contributed by atoms with E-state index in [1.807, 2.05) is 0 Å². The van der Waals surface area contributed by atoms with E-state index in [2.05, 4.69) is 9.97 Å². The molecule has 0 bridgehead atoms. The summed E-state index contributed by atoms with van der Waals surface area (Å²) in [4.78, 5) is 20.7. The number of benzene rings is 2. The van der Waals surface area contributed by atoms with Crippen LogP contribution in [0, 0.1) is 17.5 Å². The Morgan fingerprint density at radius 1 is 1.17 bits per heavy atom. The van der Waals surface area contributed by atoms with Crippen molar-refractivity contribution in [3.8, 4) is 0 Å². The molecule has 1 aromatic heterocycles. The summed E-state index contributed by atoms with van der Waals surface area (Å²) in [7, 11) is -4.33. The summed E-state index contributed by atoms with van der Waals surface area (Å²) >= 11 is 5.76. The topological polar surface area (TPSA) is 103 Å². The van der Waals surface area contributed by atoms with Crippen LogP contribution in [0.3, 0.4) is 0 Å². The number of rotatable bonds is 5. The predicted molar refractivity (Wildman–Crippen MR) is 100 cm³/mol. The Bertz CT molecular complexity index is 1250. The maximum absolute atomic E-state index is 15.0. The van der Waals surface area contributed by atoms with Gasteiger partial charge in [0.2, 0.25) is 10.0 Å². The van der Waals surface area contributed by atoms with Crippen molar-refractivity contribution >= 4 is 38.4 Å². The van der Waals surface area contributed by atoms with Gasteiger partial charge in [0.1, 0.15) is 16.2 Å². The number of fused-ring (bicyclic) bond motifs is 1. The average molecular weight is 444 g/mol. The van der Waals surface area contributed by atoms with Crippen molar-refractivity contribution in [2.45, 2.75) is 18.6 Å². The lowest BCUT2D eigenvalue weighted by atomic mass is 9.97. The molecule has 0 saturated heterocycles. The molecule has 1 unspecified atom stereocenters. The lowest BCUT2D eigenvalue weighted by Crippen LogP contribution is -2.24. The van der Waals surface area contributed by atoms with Gasteiger partial charge in [0.15, 0.2) is 17.4 Å². The number of hydrogen-bond donors (Lipinski definition) is 1. The summed E-state index contributed by atoms with van der Waals surface area (Å²) in [5, 5.41) is 3.46. The molecule has 11 heteroatoms. The second-order valence-electron chi connectivity index (χ2n) is 6.16. The fraction of sp³-hybridized carbons (Fsp3) is 0.167. The first-order valence-corrected chi connectivity index (χ1v) is 10.2. The smallest absolute Gasteiger partial charge is 0.216 e.